The lowest BCUT2D eigenvalue weighted by molar-refractivity contribution is 0.0516. The smallest absolute Gasteiger partial charge is 0.407 e. The van der Waals surface area contributed by atoms with Crippen LogP contribution in [0.3, 0.4) is 0 Å². The Morgan fingerprint density at radius 3 is 2.21 bits per heavy atom. The number of fused-ring (bicyclic) bond motifs is 2. The molecular formula is C27H34N6O5. The third-order valence-electron chi connectivity index (χ3n) is 5.57. The summed E-state index contributed by atoms with van der Waals surface area (Å²) in [5.41, 5.74) is 2.60. The zero-order chi connectivity index (χ0) is 27.7. The Balaban J connectivity index is 1.57. The third-order valence-corrected chi connectivity index (χ3v) is 5.57. The van der Waals surface area contributed by atoms with Gasteiger partial charge in [0.25, 0.3) is 0 Å². The number of nitrogens with zero attached hydrogens (tertiary/aromatic N) is 3. The van der Waals surface area contributed by atoms with Gasteiger partial charge in [0.05, 0.1) is 23.2 Å². The van der Waals surface area contributed by atoms with E-state index in [0.29, 0.717) is 54.3 Å². The number of hydrogen-bond donors (Lipinski definition) is 3. The Morgan fingerprint density at radius 2 is 1.55 bits per heavy atom. The maximum atomic E-state index is 13.6. The van der Waals surface area contributed by atoms with Crippen molar-refractivity contribution in [3.63, 3.8) is 0 Å². The molecule has 2 heterocycles. The van der Waals surface area contributed by atoms with E-state index in [4.69, 9.17) is 14.6 Å². The van der Waals surface area contributed by atoms with Crippen LogP contribution in [0.4, 0.5) is 15.3 Å². The molecule has 1 aromatic carbocycles. The lowest BCUT2D eigenvalue weighted by Gasteiger charge is -2.20. The first-order chi connectivity index (χ1) is 17.8. The van der Waals surface area contributed by atoms with Crippen molar-refractivity contribution in [1.29, 1.82) is 0 Å². The van der Waals surface area contributed by atoms with Crippen molar-refractivity contribution in [2.75, 3.05) is 25.0 Å². The zero-order valence-electron chi connectivity index (χ0n) is 22.6. The van der Waals surface area contributed by atoms with Gasteiger partial charge in [0, 0.05) is 48.7 Å². The van der Waals surface area contributed by atoms with Gasteiger partial charge in [0.15, 0.2) is 5.78 Å². The van der Waals surface area contributed by atoms with Crippen molar-refractivity contribution < 1.29 is 23.9 Å². The number of anilines is 1. The van der Waals surface area contributed by atoms with Crippen molar-refractivity contribution in [1.82, 2.24) is 25.4 Å². The lowest BCUT2D eigenvalue weighted by Crippen LogP contribution is -2.35. The molecule has 0 radical (unpaired) electrons. The SMILES string of the molecule is CC(C)(C)OC(=O)NCCNc1ccc2c3c(nn2CCNC(=O)OC(C)(C)C)-c2ccncc2C(=O)c13. The first-order valence-electron chi connectivity index (χ1n) is 12.5. The summed E-state index contributed by atoms with van der Waals surface area (Å²) in [5, 5.41) is 14.3. The Bertz CT molecular complexity index is 1380. The molecule has 11 nitrogen and oxygen atoms in total. The number of hydrogen-bond acceptors (Lipinski definition) is 8. The van der Waals surface area contributed by atoms with Crippen molar-refractivity contribution in [3.8, 4) is 11.3 Å². The molecule has 38 heavy (non-hydrogen) atoms. The number of aromatic nitrogens is 3. The lowest BCUT2D eigenvalue weighted by atomic mass is 9.87. The standard InChI is InChI=1S/C27H34N6O5/c1-26(2,3)37-24(35)30-12-11-29-18-7-8-19-21-20(18)23(34)17-15-28-10-9-16(17)22(21)32-33(19)14-13-31-25(36)38-27(4,5)6/h7-10,15,29H,11-14H2,1-6H3,(H,30,35)(H,31,36). The minimum Gasteiger partial charge on any atom is -0.444 e. The number of benzene rings is 1. The van der Waals surface area contributed by atoms with E-state index in [-0.39, 0.29) is 5.78 Å². The summed E-state index contributed by atoms with van der Waals surface area (Å²) >= 11 is 0. The largest absolute Gasteiger partial charge is 0.444 e. The molecule has 0 saturated carbocycles. The third kappa shape index (κ3) is 6.04. The van der Waals surface area contributed by atoms with Crippen LogP contribution in [-0.4, -0.2) is 63.6 Å². The van der Waals surface area contributed by atoms with E-state index in [1.807, 2.05) is 12.1 Å². The fourth-order valence-electron chi connectivity index (χ4n) is 4.18. The van der Waals surface area contributed by atoms with E-state index in [0.717, 1.165) is 10.9 Å². The summed E-state index contributed by atoms with van der Waals surface area (Å²) in [4.78, 5) is 41.7. The summed E-state index contributed by atoms with van der Waals surface area (Å²) in [6, 6.07) is 5.51. The summed E-state index contributed by atoms with van der Waals surface area (Å²) in [7, 11) is 0. The molecule has 0 aliphatic heterocycles. The second kappa shape index (κ2) is 10.3. The fraction of sp³-hybridized carbons (Fsp3) is 0.444. The quantitative estimate of drug-likeness (QED) is 0.309. The molecule has 1 aliphatic carbocycles. The number of amides is 2. The van der Waals surface area contributed by atoms with Crippen LogP contribution in [0.2, 0.25) is 0 Å². The number of nitrogens with one attached hydrogen (secondary N) is 3. The van der Waals surface area contributed by atoms with Crippen LogP contribution in [0, 0.1) is 0 Å². The van der Waals surface area contributed by atoms with Gasteiger partial charge >= 0.3 is 12.2 Å². The van der Waals surface area contributed by atoms with Gasteiger partial charge in [-0.3, -0.25) is 14.5 Å². The Morgan fingerprint density at radius 1 is 0.895 bits per heavy atom. The summed E-state index contributed by atoms with van der Waals surface area (Å²) < 4.78 is 12.3. The average molecular weight is 523 g/mol. The number of alkyl carbamates (subject to hydrolysis) is 2. The van der Waals surface area contributed by atoms with Crippen LogP contribution in [0.5, 0.6) is 0 Å². The van der Waals surface area contributed by atoms with Gasteiger partial charge in [-0.25, -0.2) is 9.59 Å². The molecule has 202 valence electrons. The van der Waals surface area contributed by atoms with E-state index in [2.05, 4.69) is 20.9 Å². The van der Waals surface area contributed by atoms with E-state index in [9.17, 15) is 14.4 Å². The number of carbonyl (C=O) groups is 3. The highest BCUT2D eigenvalue weighted by molar-refractivity contribution is 6.27. The molecule has 3 N–H and O–H groups in total. The molecule has 0 saturated heterocycles. The van der Waals surface area contributed by atoms with Crippen LogP contribution in [0.25, 0.3) is 22.2 Å². The normalized spacial score (nSPS) is 12.6. The van der Waals surface area contributed by atoms with Crippen molar-refractivity contribution >= 4 is 34.6 Å². The number of ether oxygens (including phenoxy) is 2. The van der Waals surface area contributed by atoms with Crippen LogP contribution in [0.1, 0.15) is 57.5 Å². The van der Waals surface area contributed by atoms with Gasteiger partial charge < -0.3 is 25.4 Å². The number of carbonyl (C=O) groups excluding carboxylic acids is 3. The number of ketones is 1. The zero-order valence-corrected chi connectivity index (χ0v) is 22.6. The molecule has 11 heteroatoms. The molecule has 0 spiro atoms. The van der Waals surface area contributed by atoms with Gasteiger partial charge in [0.2, 0.25) is 0 Å². The number of pyridine rings is 1. The van der Waals surface area contributed by atoms with E-state index >= 15 is 0 Å². The summed E-state index contributed by atoms with van der Waals surface area (Å²) in [6.07, 6.45) is 2.18. The topological polar surface area (TPSA) is 136 Å². The predicted octanol–water partition coefficient (Wildman–Crippen LogP) is 4.10. The van der Waals surface area contributed by atoms with Crippen molar-refractivity contribution in [3.05, 3.63) is 41.7 Å². The average Bonchev–Trinajstić information content (AvgIpc) is 3.17. The Hall–Kier alpha value is -4.15. The second-order valence-corrected chi connectivity index (χ2v) is 11.0. The van der Waals surface area contributed by atoms with Crippen LogP contribution in [-0.2, 0) is 16.0 Å². The van der Waals surface area contributed by atoms with Gasteiger partial charge in [-0.15, -0.1) is 0 Å². The monoisotopic (exact) mass is 522 g/mol. The van der Waals surface area contributed by atoms with Gasteiger partial charge in [-0.2, -0.15) is 5.10 Å². The minimum atomic E-state index is -0.590. The van der Waals surface area contributed by atoms with E-state index < -0.39 is 23.4 Å². The highest BCUT2D eigenvalue weighted by Crippen LogP contribution is 2.41. The molecule has 0 bridgehead atoms. The van der Waals surface area contributed by atoms with Gasteiger partial charge in [-0.1, -0.05) is 0 Å². The van der Waals surface area contributed by atoms with Crippen molar-refractivity contribution in [2.24, 2.45) is 0 Å². The first-order valence-corrected chi connectivity index (χ1v) is 12.5. The van der Waals surface area contributed by atoms with Gasteiger partial charge in [-0.05, 0) is 59.7 Å². The van der Waals surface area contributed by atoms with Crippen LogP contribution >= 0.6 is 0 Å². The fourth-order valence-corrected chi connectivity index (χ4v) is 4.18. The Kier molecular flexibility index (Phi) is 7.30. The first kappa shape index (κ1) is 26.9. The van der Waals surface area contributed by atoms with E-state index in [1.54, 1.807) is 64.7 Å². The summed E-state index contributed by atoms with van der Waals surface area (Å²) in [6.45, 7) is 12.2. The highest BCUT2D eigenvalue weighted by atomic mass is 16.6. The minimum absolute atomic E-state index is 0.153. The maximum absolute atomic E-state index is 13.6. The van der Waals surface area contributed by atoms with Crippen LogP contribution in [0.15, 0.2) is 30.6 Å². The molecule has 0 atom stereocenters. The van der Waals surface area contributed by atoms with E-state index in [1.165, 1.54) is 0 Å². The molecule has 2 amide bonds. The second-order valence-electron chi connectivity index (χ2n) is 11.0. The van der Waals surface area contributed by atoms with Gasteiger partial charge in [0.1, 0.15) is 16.9 Å². The summed E-state index contributed by atoms with van der Waals surface area (Å²) in [5.74, 6) is -0.153. The highest BCUT2D eigenvalue weighted by Gasteiger charge is 2.31. The molecule has 1 aliphatic rings. The maximum Gasteiger partial charge on any atom is 0.407 e. The molecule has 0 unspecified atom stereocenters. The molecule has 0 fully saturated rings. The van der Waals surface area contributed by atoms with Crippen molar-refractivity contribution in [2.45, 2.75) is 59.3 Å². The molecule has 4 rings (SSSR count). The van der Waals surface area contributed by atoms with Crippen LogP contribution < -0.4 is 16.0 Å². The Labute approximate surface area is 221 Å². The molecular weight excluding hydrogens is 488 g/mol. The predicted molar refractivity (Wildman–Crippen MR) is 143 cm³/mol. The number of rotatable bonds is 7. The molecule has 3 aromatic rings. The molecule has 2 aromatic heterocycles.